The van der Waals surface area contributed by atoms with Crippen molar-refractivity contribution in [3.63, 3.8) is 0 Å². The van der Waals surface area contributed by atoms with Gasteiger partial charge in [-0.1, -0.05) is 36.8 Å². The molecule has 3 heterocycles. The molecular formula is C25H36BNO7. The molecule has 0 spiro atoms. The van der Waals surface area contributed by atoms with Crippen LogP contribution in [-0.4, -0.2) is 68.2 Å². The standard InChI is InChI=1S/C25H36BNO7/c1-23(2)24(3,4)34-26(33-23)13-9-12-25-17-31-16-19(25)14-27(20(25)21(28)30-5)22(29)32-15-18-10-7-6-8-11-18/h6-8,10-11,19-20H,9,12-17H2,1-5H3/t19-,20-,25+/m1/s1. The molecule has 3 aliphatic rings. The second-order valence-corrected chi connectivity index (χ2v) is 10.6. The highest BCUT2D eigenvalue weighted by Gasteiger charge is 2.62. The van der Waals surface area contributed by atoms with Gasteiger partial charge < -0.3 is 23.5 Å². The van der Waals surface area contributed by atoms with Gasteiger partial charge in [-0.2, -0.15) is 0 Å². The average molecular weight is 473 g/mol. The molecule has 3 saturated heterocycles. The molecule has 3 atom stereocenters. The largest absolute Gasteiger partial charge is 0.467 e. The van der Waals surface area contributed by atoms with E-state index in [1.165, 1.54) is 12.0 Å². The van der Waals surface area contributed by atoms with Crippen LogP contribution >= 0.6 is 0 Å². The maximum absolute atomic E-state index is 13.1. The van der Waals surface area contributed by atoms with Gasteiger partial charge >= 0.3 is 19.2 Å². The van der Waals surface area contributed by atoms with Crippen LogP contribution in [0.1, 0.15) is 46.1 Å². The molecule has 0 N–H and O–H groups in total. The summed E-state index contributed by atoms with van der Waals surface area (Å²) in [4.78, 5) is 27.6. The molecule has 1 aromatic rings. The molecule has 186 valence electrons. The van der Waals surface area contributed by atoms with Crippen LogP contribution in [0.4, 0.5) is 4.79 Å². The third-order valence-corrected chi connectivity index (χ3v) is 8.02. The van der Waals surface area contributed by atoms with Gasteiger partial charge in [-0.3, -0.25) is 4.90 Å². The first kappa shape index (κ1) is 25.0. The number of benzene rings is 1. The summed E-state index contributed by atoms with van der Waals surface area (Å²) in [6, 6.07) is 8.75. The van der Waals surface area contributed by atoms with E-state index in [1.807, 2.05) is 58.0 Å². The Labute approximate surface area is 202 Å². The maximum Gasteiger partial charge on any atom is 0.457 e. The highest BCUT2D eigenvalue weighted by atomic mass is 16.7. The van der Waals surface area contributed by atoms with E-state index in [1.54, 1.807) is 0 Å². The molecule has 3 fully saturated rings. The van der Waals surface area contributed by atoms with Crippen molar-refractivity contribution in [2.45, 2.75) is 70.7 Å². The molecule has 1 aromatic carbocycles. The molecule has 0 unspecified atom stereocenters. The molecule has 8 nitrogen and oxygen atoms in total. The minimum Gasteiger partial charge on any atom is -0.467 e. The third-order valence-electron chi connectivity index (χ3n) is 8.02. The molecule has 0 radical (unpaired) electrons. The number of carbonyl (C=O) groups is 2. The Bertz CT molecular complexity index is 877. The van der Waals surface area contributed by atoms with E-state index in [-0.39, 0.29) is 30.8 Å². The molecule has 0 saturated carbocycles. The lowest BCUT2D eigenvalue weighted by Crippen LogP contribution is -2.50. The van der Waals surface area contributed by atoms with Crippen molar-refractivity contribution in [2.75, 3.05) is 26.9 Å². The van der Waals surface area contributed by atoms with E-state index in [0.29, 0.717) is 32.5 Å². The van der Waals surface area contributed by atoms with Gasteiger partial charge in [0.15, 0.2) is 0 Å². The van der Waals surface area contributed by atoms with E-state index < -0.39 is 23.5 Å². The van der Waals surface area contributed by atoms with Crippen LogP contribution < -0.4 is 0 Å². The van der Waals surface area contributed by atoms with Crippen LogP contribution in [-0.2, 0) is 34.9 Å². The third kappa shape index (κ3) is 4.57. The first-order valence-electron chi connectivity index (χ1n) is 12.1. The predicted molar refractivity (Wildman–Crippen MR) is 126 cm³/mol. The van der Waals surface area contributed by atoms with E-state index in [2.05, 4.69) is 0 Å². The lowest BCUT2D eigenvalue weighted by atomic mass is 9.69. The van der Waals surface area contributed by atoms with Crippen molar-refractivity contribution in [2.24, 2.45) is 11.3 Å². The number of amides is 1. The number of nitrogens with zero attached hydrogens (tertiary/aromatic N) is 1. The quantitative estimate of drug-likeness (QED) is 0.441. The van der Waals surface area contributed by atoms with Crippen molar-refractivity contribution in [3.8, 4) is 0 Å². The fourth-order valence-electron chi connectivity index (χ4n) is 5.41. The fraction of sp³-hybridized carbons (Fsp3) is 0.680. The van der Waals surface area contributed by atoms with Gasteiger partial charge in [-0.05, 0) is 46.0 Å². The van der Waals surface area contributed by atoms with Gasteiger partial charge in [0.2, 0.25) is 0 Å². The van der Waals surface area contributed by atoms with Crippen molar-refractivity contribution in [1.82, 2.24) is 4.90 Å². The number of likely N-dealkylation sites (tertiary alicyclic amines) is 1. The summed E-state index contributed by atoms with van der Waals surface area (Å²) < 4.78 is 28.8. The lowest BCUT2D eigenvalue weighted by Gasteiger charge is -2.34. The molecule has 3 aliphatic heterocycles. The summed E-state index contributed by atoms with van der Waals surface area (Å²) in [5.41, 5.74) is -0.375. The Morgan fingerprint density at radius 2 is 1.79 bits per heavy atom. The second-order valence-electron chi connectivity index (χ2n) is 10.6. The zero-order valence-electron chi connectivity index (χ0n) is 20.9. The number of esters is 1. The summed E-state index contributed by atoms with van der Waals surface area (Å²) in [5.74, 6) is -0.389. The lowest BCUT2D eigenvalue weighted by molar-refractivity contribution is -0.149. The first-order valence-corrected chi connectivity index (χ1v) is 12.1. The smallest absolute Gasteiger partial charge is 0.457 e. The average Bonchev–Trinajstić information content (AvgIpc) is 3.39. The molecule has 9 heteroatoms. The van der Waals surface area contributed by atoms with Gasteiger partial charge in [0.25, 0.3) is 0 Å². The highest BCUT2D eigenvalue weighted by molar-refractivity contribution is 6.45. The Morgan fingerprint density at radius 1 is 1.12 bits per heavy atom. The van der Waals surface area contributed by atoms with Gasteiger partial charge in [0.05, 0.1) is 31.5 Å². The van der Waals surface area contributed by atoms with Gasteiger partial charge in [0.1, 0.15) is 12.6 Å². The Kier molecular flexibility index (Phi) is 7.00. The summed E-state index contributed by atoms with van der Waals surface area (Å²) in [7, 11) is 1.06. The van der Waals surface area contributed by atoms with Crippen LogP contribution in [0.3, 0.4) is 0 Å². The Hall–Kier alpha value is -2.10. The van der Waals surface area contributed by atoms with Crippen molar-refractivity contribution in [3.05, 3.63) is 35.9 Å². The molecule has 1 amide bonds. The van der Waals surface area contributed by atoms with Crippen LogP contribution in [0, 0.1) is 11.3 Å². The van der Waals surface area contributed by atoms with E-state index >= 15 is 0 Å². The first-order chi connectivity index (χ1) is 16.1. The van der Waals surface area contributed by atoms with E-state index in [9.17, 15) is 9.59 Å². The normalized spacial score (nSPS) is 29.2. The molecule has 0 aliphatic carbocycles. The zero-order valence-corrected chi connectivity index (χ0v) is 20.9. The number of rotatable bonds is 7. The summed E-state index contributed by atoms with van der Waals surface area (Å²) in [5, 5.41) is 0. The number of fused-ring (bicyclic) bond motifs is 1. The number of hydrogen-bond acceptors (Lipinski definition) is 7. The monoisotopic (exact) mass is 473 g/mol. The maximum atomic E-state index is 13.1. The minimum absolute atomic E-state index is 0.0409. The summed E-state index contributed by atoms with van der Waals surface area (Å²) in [6.45, 7) is 9.62. The molecule has 0 aromatic heterocycles. The van der Waals surface area contributed by atoms with Crippen molar-refractivity contribution < 1.29 is 33.1 Å². The Balaban J connectivity index is 1.44. The number of ether oxygens (including phenoxy) is 3. The van der Waals surface area contributed by atoms with Crippen molar-refractivity contribution in [1.29, 1.82) is 0 Å². The fourth-order valence-corrected chi connectivity index (χ4v) is 5.41. The van der Waals surface area contributed by atoms with Crippen LogP contribution in [0.15, 0.2) is 30.3 Å². The molecule has 4 rings (SSSR count). The van der Waals surface area contributed by atoms with Gasteiger partial charge in [0, 0.05) is 17.9 Å². The van der Waals surface area contributed by atoms with Crippen molar-refractivity contribution >= 4 is 19.2 Å². The van der Waals surface area contributed by atoms with Gasteiger partial charge in [-0.25, -0.2) is 9.59 Å². The van der Waals surface area contributed by atoms with Crippen LogP contribution in [0.5, 0.6) is 0 Å². The minimum atomic E-state index is -0.744. The van der Waals surface area contributed by atoms with Crippen LogP contribution in [0.25, 0.3) is 0 Å². The number of carbonyl (C=O) groups excluding carboxylic acids is 2. The number of hydrogen-bond donors (Lipinski definition) is 0. The van der Waals surface area contributed by atoms with Crippen LogP contribution in [0.2, 0.25) is 6.32 Å². The van der Waals surface area contributed by atoms with E-state index in [4.69, 9.17) is 23.5 Å². The summed E-state index contributed by atoms with van der Waals surface area (Å²) in [6.07, 6.45) is 1.67. The predicted octanol–water partition coefficient (Wildman–Crippen LogP) is 3.69. The summed E-state index contributed by atoms with van der Waals surface area (Å²) >= 11 is 0. The highest BCUT2D eigenvalue weighted by Crippen LogP contribution is 2.50. The van der Waals surface area contributed by atoms with Gasteiger partial charge in [-0.15, -0.1) is 0 Å². The number of methoxy groups -OCH3 is 1. The van der Waals surface area contributed by atoms with E-state index in [0.717, 1.165) is 12.0 Å². The zero-order chi connectivity index (χ0) is 24.6. The molecular weight excluding hydrogens is 437 g/mol. The Morgan fingerprint density at radius 3 is 2.44 bits per heavy atom. The second kappa shape index (κ2) is 9.51. The SMILES string of the molecule is COC(=O)[C@H]1N(C(=O)OCc2ccccc2)C[C@@H]2COC[C@@]21CCCB1OC(C)(C)C(C)(C)O1. The molecule has 34 heavy (non-hydrogen) atoms. The topological polar surface area (TPSA) is 83.5 Å². The molecule has 0 bridgehead atoms.